The fraction of sp³-hybridized carbons (Fsp3) is 0.0714. The van der Waals surface area contributed by atoms with Crippen molar-refractivity contribution in [3.05, 3.63) is 60.4 Å². The summed E-state index contributed by atoms with van der Waals surface area (Å²) >= 11 is 0. The number of carbonyl (C=O) groups is 1. The van der Waals surface area contributed by atoms with Gasteiger partial charge in [0.25, 0.3) is 5.91 Å². The zero-order chi connectivity index (χ0) is 13.1. The molecule has 1 N–H and O–H groups in total. The van der Waals surface area contributed by atoms with Crippen LogP contribution in [0.3, 0.4) is 0 Å². The van der Waals surface area contributed by atoms with Gasteiger partial charge in [-0.3, -0.25) is 4.79 Å². The van der Waals surface area contributed by atoms with Gasteiger partial charge in [0, 0.05) is 5.39 Å². The minimum Gasteiger partial charge on any atom is -0.447 e. The van der Waals surface area contributed by atoms with E-state index in [-0.39, 0.29) is 12.5 Å². The summed E-state index contributed by atoms with van der Waals surface area (Å²) in [5.41, 5.74) is 1.18. The standard InChI is InChI=1S/C14H11N3O2/c18-14(16-9-13-15-7-8-19-13)12-6-5-10-3-1-2-4-11(10)17-12/h1-8H,9H2,(H,16,18). The second kappa shape index (κ2) is 4.89. The van der Waals surface area contributed by atoms with Gasteiger partial charge in [-0.15, -0.1) is 0 Å². The molecule has 1 aromatic carbocycles. The maximum Gasteiger partial charge on any atom is 0.270 e. The molecule has 0 bridgehead atoms. The zero-order valence-corrected chi connectivity index (χ0v) is 10.0. The highest BCUT2D eigenvalue weighted by Gasteiger charge is 2.08. The number of nitrogens with zero attached hydrogens (tertiary/aromatic N) is 2. The smallest absolute Gasteiger partial charge is 0.270 e. The molecule has 0 spiro atoms. The van der Waals surface area contributed by atoms with Crippen LogP contribution in [-0.2, 0) is 6.54 Å². The number of carbonyl (C=O) groups excluding carboxylic acids is 1. The lowest BCUT2D eigenvalue weighted by Crippen LogP contribution is -2.23. The van der Waals surface area contributed by atoms with Gasteiger partial charge in [0.2, 0.25) is 5.89 Å². The lowest BCUT2D eigenvalue weighted by molar-refractivity contribution is 0.0942. The third-order valence-electron chi connectivity index (χ3n) is 2.71. The summed E-state index contributed by atoms with van der Waals surface area (Å²) in [6.45, 7) is 0.250. The molecule has 2 aromatic heterocycles. The van der Waals surface area contributed by atoms with Crippen LogP contribution >= 0.6 is 0 Å². The number of hydrogen-bond donors (Lipinski definition) is 1. The fourth-order valence-electron chi connectivity index (χ4n) is 1.78. The van der Waals surface area contributed by atoms with Crippen LogP contribution in [0.25, 0.3) is 10.9 Å². The summed E-state index contributed by atoms with van der Waals surface area (Å²) in [6, 6.07) is 11.2. The number of fused-ring (bicyclic) bond motifs is 1. The molecular weight excluding hydrogens is 242 g/mol. The van der Waals surface area contributed by atoms with E-state index >= 15 is 0 Å². The SMILES string of the molecule is O=C(NCc1ncco1)c1ccc2ccccc2n1. The molecule has 0 fully saturated rings. The van der Waals surface area contributed by atoms with Crippen LogP contribution in [0.5, 0.6) is 0 Å². The molecule has 3 aromatic rings. The van der Waals surface area contributed by atoms with Gasteiger partial charge in [-0.05, 0) is 12.1 Å². The van der Waals surface area contributed by atoms with Crippen LogP contribution in [0.4, 0.5) is 0 Å². The number of rotatable bonds is 3. The number of pyridine rings is 1. The first-order valence-electron chi connectivity index (χ1n) is 5.85. The predicted octanol–water partition coefficient (Wildman–Crippen LogP) is 2.15. The summed E-state index contributed by atoms with van der Waals surface area (Å²) in [6.07, 6.45) is 3.01. The van der Waals surface area contributed by atoms with Crippen molar-refractivity contribution < 1.29 is 9.21 Å². The first kappa shape index (κ1) is 11.4. The van der Waals surface area contributed by atoms with E-state index in [0.29, 0.717) is 11.6 Å². The molecule has 3 rings (SSSR count). The Balaban J connectivity index is 1.77. The Morgan fingerprint density at radius 2 is 2.11 bits per heavy atom. The molecule has 0 atom stereocenters. The van der Waals surface area contributed by atoms with Crippen LogP contribution in [0.15, 0.2) is 53.3 Å². The van der Waals surface area contributed by atoms with Crippen molar-refractivity contribution in [3.8, 4) is 0 Å². The predicted molar refractivity (Wildman–Crippen MR) is 69.4 cm³/mol. The molecule has 0 aliphatic heterocycles. The number of nitrogens with one attached hydrogen (secondary N) is 1. The van der Waals surface area contributed by atoms with E-state index in [9.17, 15) is 4.79 Å². The molecule has 0 radical (unpaired) electrons. The van der Waals surface area contributed by atoms with Crippen LogP contribution in [0, 0.1) is 0 Å². The maximum atomic E-state index is 11.9. The summed E-state index contributed by atoms with van der Waals surface area (Å²) in [5.74, 6) is 0.220. The third-order valence-corrected chi connectivity index (χ3v) is 2.71. The normalized spacial score (nSPS) is 10.5. The van der Waals surface area contributed by atoms with Gasteiger partial charge in [0.05, 0.1) is 18.3 Å². The highest BCUT2D eigenvalue weighted by molar-refractivity contribution is 5.94. The van der Waals surface area contributed by atoms with Gasteiger partial charge < -0.3 is 9.73 Å². The van der Waals surface area contributed by atoms with Crippen molar-refractivity contribution in [2.75, 3.05) is 0 Å². The van der Waals surface area contributed by atoms with E-state index in [1.165, 1.54) is 12.5 Å². The first-order chi connectivity index (χ1) is 9.33. The molecule has 94 valence electrons. The summed E-state index contributed by atoms with van der Waals surface area (Å²) in [7, 11) is 0. The van der Waals surface area contributed by atoms with Gasteiger partial charge in [0.15, 0.2) is 0 Å². The van der Waals surface area contributed by atoms with Gasteiger partial charge in [-0.2, -0.15) is 0 Å². The van der Waals surface area contributed by atoms with Crippen molar-refractivity contribution in [3.63, 3.8) is 0 Å². The largest absolute Gasteiger partial charge is 0.447 e. The number of benzene rings is 1. The molecule has 0 unspecified atom stereocenters. The Labute approximate surface area is 109 Å². The fourth-order valence-corrected chi connectivity index (χ4v) is 1.78. The third kappa shape index (κ3) is 2.44. The molecule has 0 saturated heterocycles. The summed E-state index contributed by atoms with van der Waals surface area (Å²) in [4.78, 5) is 20.2. The number of aromatic nitrogens is 2. The number of hydrogen-bond acceptors (Lipinski definition) is 4. The molecule has 0 aliphatic rings. The first-order valence-corrected chi connectivity index (χ1v) is 5.85. The second-order valence-electron chi connectivity index (χ2n) is 4.00. The second-order valence-corrected chi connectivity index (χ2v) is 4.00. The van der Waals surface area contributed by atoms with Crippen LogP contribution in [0.2, 0.25) is 0 Å². The van der Waals surface area contributed by atoms with Gasteiger partial charge >= 0.3 is 0 Å². The Hall–Kier alpha value is -2.69. The molecule has 2 heterocycles. The van der Waals surface area contributed by atoms with Crippen molar-refractivity contribution in [1.29, 1.82) is 0 Å². The average Bonchev–Trinajstić information content (AvgIpc) is 2.97. The monoisotopic (exact) mass is 253 g/mol. The van der Waals surface area contributed by atoms with Gasteiger partial charge in [-0.25, -0.2) is 9.97 Å². The quantitative estimate of drug-likeness (QED) is 0.776. The lowest BCUT2D eigenvalue weighted by Gasteiger charge is -2.03. The summed E-state index contributed by atoms with van der Waals surface area (Å²) < 4.78 is 5.04. The van der Waals surface area contributed by atoms with Gasteiger partial charge in [-0.1, -0.05) is 24.3 Å². The van der Waals surface area contributed by atoms with Crippen LogP contribution in [-0.4, -0.2) is 15.9 Å². The van der Waals surface area contributed by atoms with E-state index < -0.39 is 0 Å². The van der Waals surface area contributed by atoms with E-state index in [1.807, 2.05) is 30.3 Å². The topological polar surface area (TPSA) is 68.0 Å². The average molecular weight is 253 g/mol. The summed E-state index contributed by atoms with van der Waals surface area (Å²) in [5, 5.41) is 3.71. The Kier molecular flexibility index (Phi) is 2.94. The lowest BCUT2D eigenvalue weighted by atomic mass is 10.2. The van der Waals surface area contributed by atoms with E-state index in [4.69, 9.17) is 4.42 Å². The van der Waals surface area contributed by atoms with Crippen LogP contribution in [0.1, 0.15) is 16.4 Å². The highest BCUT2D eigenvalue weighted by Crippen LogP contribution is 2.11. The molecular formula is C14H11N3O2. The minimum atomic E-state index is -0.246. The molecule has 0 saturated carbocycles. The van der Waals surface area contributed by atoms with E-state index in [0.717, 1.165) is 10.9 Å². The molecule has 5 nitrogen and oxygen atoms in total. The maximum absolute atomic E-state index is 11.9. The van der Waals surface area contributed by atoms with E-state index in [2.05, 4.69) is 15.3 Å². The van der Waals surface area contributed by atoms with E-state index in [1.54, 1.807) is 6.07 Å². The number of oxazole rings is 1. The molecule has 5 heteroatoms. The molecule has 1 amide bonds. The Morgan fingerprint density at radius 3 is 2.95 bits per heavy atom. The van der Waals surface area contributed by atoms with Crippen molar-refractivity contribution in [2.45, 2.75) is 6.54 Å². The Bertz CT molecular complexity index is 708. The van der Waals surface area contributed by atoms with Crippen molar-refractivity contribution in [1.82, 2.24) is 15.3 Å². The Morgan fingerprint density at radius 1 is 1.21 bits per heavy atom. The highest BCUT2D eigenvalue weighted by atomic mass is 16.3. The van der Waals surface area contributed by atoms with Crippen molar-refractivity contribution >= 4 is 16.8 Å². The number of para-hydroxylation sites is 1. The zero-order valence-electron chi connectivity index (χ0n) is 10.0. The minimum absolute atomic E-state index is 0.246. The van der Waals surface area contributed by atoms with Crippen molar-refractivity contribution in [2.24, 2.45) is 0 Å². The van der Waals surface area contributed by atoms with Crippen LogP contribution < -0.4 is 5.32 Å². The molecule has 0 aliphatic carbocycles. The molecule has 19 heavy (non-hydrogen) atoms. The number of amides is 1. The van der Waals surface area contributed by atoms with Gasteiger partial charge in [0.1, 0.15) is 12.0 Å².